The molecule has 0 amide bonds. The number of ether oxygens (including phenoxy) is 1. The van der Waals surface area contributed by atoms with Gasteiger partial charge in [-0.1, -0.05) is 36.4 Å². The van der Waals surface area contributed by atoms with Crippen molar-refractivity contribution in [2.45, 2.75) is 38.1 Å². The normalized spacial score (nSPS) is 14.3. The number of hydrogen-bond acceptors (Lipinski definition) is 7. The van der Waals surface area contributed by atoms with Crippen molar-refractivity contribution in [3.8, 4) is 0 Å². The number of hydrogen-bond donors (Lipinski definition) is 3. The molecule has 218 valence electrons. The van der Waals surface area contributed by atoms with E-state index in [1.165, 1.54) is 5.56 Å². The van der Waals surface area contributed by atoms with E-state index in [0.717, 1.165) is 40.1 Å². The molecule has 1 saturated carbocycles. The number of esters is 1. The number of amidine groups is 1. The van der Waals surface area contributed by atoms with Crippen molar-refractivity contribution in [2.75, 3.05) is 18.5 Å². The summed E-state index contributed by atoms with van der Waals surface area (Å²) in [5.74, 6) is 3.63. The number of imidazole rings is 1. The first-order valence-electron chi connectivity index (χ1n) is 13.7. The third-order valence-electron chi connectivity index (χ3n) is 7.26. The molecule has 3 aromatic carbocycles. The molecule has 4 N–H and O–H groups in total. The van der Waals surface area contributed by atoms with Crippen LogP contribution in [-0.4, -0.2) is 40.4 Å². The molecule has 0 bridgehead atoms. The van der Waals surface area contributed by atoms with Gasteiger partial charge in [-0.25, -0.2) is 4.98 Å². The van der Waals surface area contributed by atoms with E-state index in [9.17, 15) is 4.79 Å². The summed E-state index contributed by atoms with van der Waals surface area (Å²) in [4.78, 5) is 22.7. The smallest absolute Gasteiger partial charge is 0.313 e. The SMILES string of the molecule is CCOC(=O)C(CCON=C=C1CC1c1ccc2c(c1)nc(CNc1ccc(C(=N)N)cc1)n2C)c1ccccc1.Cl. The molecule has 1 aromatic heterocycles. The molecular formula is C32H35ClN6O3. The van der Waals surface area contributed by atoms with Crippen LogP contribution in [0.4, 0.5) is 5.69 Å². The molecule has 0 spiro atoms. The third kappa shape index (κ3) is 7.18. The number of nitrogens with two attached hydrogens (primary N) is 1. The van der Waals surface area contributed by atoms with Crippen LogP contribution in [0.25, 0.3) is 11.0 Å². The molecule has 1 heterocycles. The van der Waals surface area contributed by atoms with Crippen LogP contribution in [0.1, 0.15) is 54.1 Å². The highest BCUT2D eigenvalue weighted by Crippen LogP contribution is 2.45. The summed E-state index contributed by atoms with van der Waals surface area (Å²) in [6.07, 6.45) is 1.36. The van der Waals surface area contributed by atoms with E-state index in [-0.39, 0.29) is 36.0 Å². The molecule has 1 fully saturated rings. The number of benzene rings is 3. The van der Waals surface area contributed by atoms with Gasteiger partial charge in [0.25, 0.3) is 0 Å². The molecule has 0 aliphatic heterocycles. The number of rotatable bonds is 12. The van der Waals surface area contributed by atoms with Gasteiger partial charge in [0.2, 0.25) is 0 Å². The van der Waals surface area contributed by atoms with Gasteiger partial charge in [0, 0.05) is 42.1 Å². The Morgan fingerprint density at radius 1 is 1.19 bits per heavy atom. The standard InChI is InChI=1S/C32H34N6O3.ClH/c1-3-40-32(39)26(21-7-5-4-6-8-21)15-16-41-36-19-24-17-27(24)23-11-14-29-28(18-23)37-30(38(29)2)20-35-25-12-9-22(10-13-25)31(33)34;/h4-14,18,26-27,35H,3,15-17,20H2,1-2H3,(H3,33,34);1H. The Hall–Kier alpha value is -4.59. The first-order valence-corrected chi connectivity index (χ1v) is 13.7. The number of aromatic nitrogens is 2. The number of allylic oxidation sites excluding steroid dienone is 1. The van der Waals surface area contributed by atoms with Crippen LogP contribution in [0, 0.1) is 5.41 Å². The Morgan fingerprint density at radius 3 is 2.67 bits per heavy atom. The first-order chi connectivity index (χ1) is 19.9. The van der Waals surface area contributed by atoms with Gasteiger partial charge >= 0.3 is 5.97 Å². The lowest BCUT2D eigenvalue weighted by Gasteiger charge is -2.15. The predicted octanol–water partition coefficient (Wildman–Crippen LogP) is 5.64. The van der Waals surface area contributed by atoms with Crippen LogP contribution < -0.4 is 11.1 Å². The van der Waals surface area contributed by atoms with Crippen molar-refractivity contribution in [2.24, 2.45) is 17.9 Å². The van der Waals surface area contributed by atoms with Gasteiger partial charge in [-0.05, 0) is 66.0 Å². The Labute approximate surface area is 251 Å². The number of nitrogens with one attached hydrogen (secondary N) is 2. The molecule has 9 nitrogen and oxygen atoms in total. The summed E-state index contributed by atoms with van der Waals surface area (Å²) < 4.78 is 7.34. The lowest BCUT2D eigenvalue weighted by atomic mass is 9.96. The highest BCUT2D eigenvalue weighted by atomic mass is 35.5. The summed E-state index contributed by atoms with van der Waals surface area (Å²) >= 11 is 0. The number of carbonyl (C=O) groups is 1. The molecule has 10 heteroatoms. The Balaban J connectivity index is 0.00000405. The van der Waals surface area contributed by atoms with Gasteiger partial charge in [-0.15, -0.1) is 12.4 Å². The van der Waals surface area contributed by atoms with Crippen LogP contribution in [-0.2, 0) is 28.0 Å². The van der Waals surface area contributed by atoms with E-state index in [2.05, 4.69) is 39.1 Å². The second-order valence-corrected chi connectivity index (χ2v) is 10.0. The maximum Gasteiger partial charge on any atom is 0.313 e. The zero-order valence-corrected chi connectivity index (χ0v) is 24.5. The van der Waals surface area contributed by atoms with Crippen molar-refractivity contribution < 1.29 is 14.4 Å². The van der Waals surface area contributed by atoms with Crippen molar-refractivity contribution in [3.63, 3.8) is 0 Å². The van der Waals surface area contributed by atoms with Gasteiger partial charge in [-0.3, -0.25) is 10.2 Å². The molecule has 1 aliphatic carbocycles. The molecule has 2 atom stereocenters. The molecule has 5 rings (SSSR count). The third-order valence-corrected chi connectivity index (χ3v) is 7.26. The maximum atomic E-state index is 12.4. The van der Waals surface area contributed by atoms with Crippen molar-refractivity contribution >= 4 is 46.8 Å². The minimum absolute atomic E-state index is 0. The molecular weight excluding hydrogens is 552 g/mol. The summed E-state index contributed by atoms with van der Waals surface area (Å²) in [5, 5.41) is 15.0. The van der Waals surface area contributed by atoms with E-state index < -0.39 is 0 Å². The molecule has 42 heavy (non-hydrogen) atoms. The van der Waals surface area contributed by atoms with E-state index in [1.54, 1.807) is 6.92 Å². The number of nitrogens with zero attached hydrogens (tertiary/aromatic N) is 3. The zero-order chi connectivity index (χ0) is 28.8. The van der Waals surface area contributed by atoms with E-state index >= 15 is 0 Å². The topological polar surface area (TPSA) is 128 Å². The van der Waals surface area contributed by atoms with Crippen molar-refractivity contribution in [1.29, 1.82) is 5.41 Å². The number of carbonyl (C=O) groups excluding carboxylic acids is 1. The summed E-state index contributed by atoms with van der Waals surface area (Å²) in [6, 6.07) is 23.4. The molecule has 0 saturated heterocycles. The number of aryl methyl sites for hydroxylation is 1. The summed E-state index contributed by atoms with van der Waals surface area (Å²) in [5.41, 5.74) is 12.4. The number of fused-ring (bicyclic) bond motifs is 1. The van der Waals surface area contributed by atoms with Gasteiger partial charge in [0.1, 0.15) is 18.3 Å². The van der Waals surface area contributed by atoms with Crippen LogP contribution >= 0.6 is 12.4 Å². The van der Waals surface area contributed by atoms with Gasteiger partial charge in [0.15, 0.2) is 0 Å². The van der Waals surface area contributed by atoms with E-state index in [4.69, 9.17) is 25.7 Å². The molecule has 0 radical (unpaired) electrons. The average Bonchev–Trinajstić information content (AvgIpc) is 3.70. The average molecular weight is 587 g/mol. The fourth-order valence-corrected chi connectivity index (χ4v) is 4.85. The lowest BCUT2D eigenvalue weighted by Crippen LogP contribution is -2.17. The minimum atomic E-state index is -0.384. The molecule has 1 aliphatic rings. The maximum absolute atomic E-state index is 12.4. The van der Waals surface area contributed by atoms with Crippen molar-refractivity contribution in [1.82, 2.24) is 9.55 Å². The Bertz CT molecular complexity index is 1610. The highest BCUT2D eigenvalue weighted by molar-refractivity contribution is 5.95. The minimum Gasteiger partial charge on any atom is -0.466 e. The van der Waals surface area contributed by atoms with Crippen LogP contribution in [0.15, 0.2) is 83.5 Å². The van der Waals surface area contributed by atoms with Gasteiger partial charge < -0.3 is 25.2 Å². The second-order valence-electron chi connectivity index (χ2n) is 10.0. The lowest BCUT2D eigenvalue weighted by molar-refractivity contribution is -0.145. The number of halogens is 1. The predicted molar refractivity (Wildman–Crippen MR) is 167 cm³/mol. The van der Waals surface area contributed by atoms with Gasteiger partial charge in [0.05, 0.1) is 30.1 Å². The van der Waals surface area contributed by atoms with Crippen LogP contribution in [0.3, 0.4) is 0 Å². The second kappa shape index (κ2) is 13.9. The monoisotopic (exact) mass is 586 g/mol. The van der Waals surface area contributed by atoms with Crippen molar-refractivity contribution in [3.05, 3.63) is 101 Å². The molecule has 4 aromatic rings. The Kier molecular flexibility index (Phi) is 10.0. The van der Waals surface area contributed by atoms with Crippen LogP contribution in [0.5, 0.6) is 0 Å². The largest absolute Gasteiger partial charge is 0.466 e. The van der Waals surface area contributed by atoms with Gasteiger partial charge in [-0.2, -0.15) is 0 Å². The first kappa shape index (κ1) is 30.4. The summed E-state index contributed by atoms with van der Waals surface area (Å²) in [6.45, 7) is 3.01. The quantitative estimate of drug-likeness (QED) is 0.0648. The fourth-order valence-electron chi connectivity index (χ4n) is 4.85. The fraction of sp³-hybridized carbons (Fsp3) is 0.281. The highest BCUT2D eigenvalue weighted by Gasteiger charge is 2.32. The Morgan fingerprint density at radius 2 is 1.95 bits per heavy atom. The van der Waals surface area contributed by atoms with E-state index in [1.807, 2.05) is 61.6 Å². The number of anilines is 1. The molecule has 2 unspecified atom stereocenters. The summed E-state index contributed by atoms with van der Waals surface area (Å²) in [7, 11) is 2.02. The zero-order valence-electron chi connectivity index (χ0n) is 23.7. The van der Waals surface area contributed by atoms with Crippen LogP contribution in [0.2, 0.25) is 0 Å². The number of nitrogen functional groups attached to an aromatic ring is 1. The van der Waals surface area contributed by atoms with E-state index in [0.29, 0.717) is 31.7 Å².